The second-order valence-corrected chi connectivity index (χ2v) is 6.66. The maximum Gasteiger partial charge on any atom is 0.310 e. The van der Waals surface area contributed by atoms with E-state index in [1.807, 2.05) is 12.1 Å². The molecule has 0 radical (unpaired) electrons. The van der Waals surface area contributed by atoms with Crippen LogP contribution in [0.1, 0.15) is 49.9 Å². The molecule has 1 rings (SSSR count). The molecule has 1 aromatic carbocycles. The van der Waals surface area contributed by atoms with E-state index in [4.69, 9.17) is 4.74 Å². The number of carbonyl (C=O) groups is 2. The molecule has 0 aromatic heterocycles. The highest BCUT2D eigenvalue weighted by molar-refractivity contribution is 9.10. The van der Waals surface area contributed by atoms with Gasteiger partial charge in [-0.3, -0.25) is 9.59 Å². The van der Waals surface area contributed by atoms with E-state index in [2.05, 4.69) is 22.9 Å². The first-order valence-electron chi connectivity index (χ1n) is 8.12. The summed E-state index contributed by atoms with van der Waals surface area (Å²) in [5.41, 5.74) is 0.640. The van der Waals surface area contributed by atoms with E-state index in [0.717, 1.165) is 30.2 Å². The van der Waals surface area contributed by atoms with Crippen molar-refractivity contribution in [2.75, 3.05) is 20.2 Å². The number of unbranched alkanes of at least 4 members (excludes halogenated alkanes) is 3. The molecule has 0 aliphatic carbocycles. The van der Waals surface area contributed by atoms with Crippen molar-refractivity contribution in [1.29, 1.82) is 0 Å². The van der Waals surface area contributed by atoms with Crippen LogP contribution in [0.2, 0.25) is 0 Å². The third-order valence-electron chi connectivity index (χ3n) is 3.76. The standard InChI is InChI=1S/C18H26BrNO3/c1-4-5-6-7-12-20(13-14(2)18(22)23-3)17(21)15-8-10-16(19)11-9-15/h8-11,14H,4-7,12-13H2,1-3H3. The molecule has 128 valence electrons. The molecule has 5 heteroatoms. The zero-order valence-electron chi connectivity index (χ0n) is 14.2. The average molecular weight is 384 g/mol. The Morgan fingerprint density at radius 1 is 1.17 bits per heavy atom. The van der Waals surface area contributed by atoms with E-state index in [-0.39, 0.29) is 17.8 Å². The van der Waals surface area contributed by atoms with Gasteiger partial charge < -0.3 is 9.64 Å². The molecule has 0 heterocycles. The number of rotatable bonds is 9. The Hall–Kier alpha value is -1.36. The predicted molar refractivity (Wildman–Crippen MR) is 95.4 cm³/mol. The fourth-order valence-corrected chi connectivity index (χ4v) is 2.65. The summed E-state index contributed by atoms with van der Waals surface area (Å²) < 4.78 is 5.71. The van der Waals surface area contributed by atoms with Gasteiger partial charge in [0.05, 0.1) is 13.0 Å². The van der Waals surface area contributed by atoms with Crippen LogP contribution >= 0.6 is 15.9 Å². The van der Waals surface area contributed by atoms with Crippen molar-refractivity contribution >= 4 is 27.8 Å². The van der Waals surface area contributed by atoms with Crippen LogP contribution in [-0.2, 0) is 9.53 Å². The number of amides is 1. The molecule has 23 heavy (non-hydrogen) atoms. The summed E-state index contributed by atoms with van der Waals surface area (Å²) in [6.45, 7) is 4.99. The fraction of sp³-hybridized carbons (Fsp3) is 0.556. The Morgan fingerprint density at radius 3 is 2.39 bits per heavy atom. The molecule has 0 aliphatic rings. The second-order valence-electron chi connectivity index (χ2n) is 5.74. The third kappa shape index (κ3) is 6.73. The van der Waals surface area contributed by atoms with Crippen molar-refractivity contribution < 1.29 is 14.3 Å². The van der Waals surface area contributed by atoms with Gasteiger partial charge in [0, 0.05) is 23.1 Å². The highest BCUT2D eigenvalue weighted by atomic mass is 79.9. The van der Waals surface area contributed by atoms with Crippen LogP contribution in [0, 0.1) is 5.92 Å². The molecule has 0 spiro atoms. The normalized spacial score (nSPS) is 11.8. The quantitative estimate of drug-likeness (QED) is 0.472. The van der Waals surface area contributed by atoms with E-state index in [9.17, 15) is 9.59 Å². The largest absolute Gasteiger partial charge is 0.469 e. The van der Waals surface area contributed by atoms with E-state index < -0.39 is 0 Å². The van der Waals surface area contributed by atoms with E-state index in [0.29, 0.717) is 18.7 Å². The Balaban J connectivity index is 2.77. The third-order valence-corrected chi connectivity index (χ3v) is 4.29. The minimum Gasteiger partial charge on any atom is -0.469 e. The first-order chi connectivity index (χ1) is 11.0. The minimum absolute atomic E-state index is 0.0373. The van der Waals surface area contributed by atoms with Crippen LogP contribution in [-0.4, -0.2) is 37.0 Å². The lowest BCUT2D eigenvalue weighted by Gasteiger charge is -2.25. The van der Waals surface area contributed by atoms with E-state index in [1.54, 1.807) is 24.0 Å². The van der Waals surface area contributed by atoms with Crippen LogP contribution < -0.4 is 0 Å². The first-order valence-corrected chi connectivity index (χ1v) is 8.91. The molecule has 1 aromatic rings. The maximum atomic E-state index is 12.7. The molecule has 0 bridgehead atoms. The molecule has 0 saturated heterocycles. The van der Waals surface area contributed by atoms with Gasteiger partial charge in [0.15, 0.2) is 0 Å². The van der Waals surface area contributed by atoms with Crippen LogP contribution in [0.15, 0.2) is 28.7 Å². The lowest BCUT2D eigenvalue weighted by atomic mass is 10.1. The zero-order valence-corrected chi connectivity index (χ0v) is 15.8. The van der Waals surface area contributed by atoms with Gasteiger partial charge in [0.2, 0.25) is 0 Å². The monoisotopic (exact) mass is 383 g/mol. The van der Waals surface area contributed by atoms with Gasteiger partial charge in [-0.15, -0.1) is 0 Å². The lowest BCUT2D eigenvalue weighted by Crippen LogP contribution is -2.38. The summed E-state index contributed by atoms with van der Waals surface area (Å²) in [5.74, 6) is -0.650. The topological polar surface area (TPSA) is 46.6 Å². The van der Waals surface area contributed by atoms with Crippen molar-refractivity contribution in [3.8, 4) is 0 Å². The van der Waals surface area contributed by atoms with Gasteiger partial charge in [-0.2, -0.15) is 0 Å². The number of benzene rings is 1. The maximum absolute atomic E-state index is 12.7. The van der Waals surface area contributed by atoms with Gasteiger partial charge in [-0.25, -0.2) is 0 Å². The number of ether oxygens (including phenoxy) is 1. The number of nitrogens with zero attached hydrogens (tertiary/aromatic N) is 1. The van der Waals surface area contributed by atoms with Crippen LogP contribution in [0.3, 0.4) is 0 Å². The van der Waals surface area contributed by atoms with Crippen LogP contribution in [0.25, 0.3) is 0 Å². The summed E-state index contributed by atoms with van der Waals surface area (Å²) in [6, 6.07) is 7.31. The molecule has 1 unspecified atom stereocenters. The smallest absolute Gasteiger partial charge is 0.310 e. The van der Waals surface area contributed by atoms with E-state index >= 15 is 0 Å². The molecule has 0 saturated carbocycles. The van der Waals surface area contributed by atoms with Crippen molar-refractivity contribution in [2.45, 2.75) is 39.5 Å². The van der Waals surface area contributed by atoms with Crippen molar-refractivity contribution in [1.82, 2.24) is 4.90 Å². The van der Waals surface area contributed by atoms with Crippen LogP contribution in [0.5, 0.6) is 0 Å². The van der Waals surface area contributed by atoms with Gasteiger partial charge >= 0.3 is 5.97 Å². The Kier molecular flexibility index (Phi) is 8.92. The SMILES string of the molecule is CCCCCCN(CC(C)C(=O)OC)C(=O)c1ccc(Br)cc1. The molecule has 1 amide bonds. The molecule has 0 fully saturated rings. The number of hydrogen-bond acceptors (Lipinski definition) is 3. The minimum atomic E-state index is -0.328. The van der Waals surface area contributed by atoms with Gasteiger partial charge in [0.25, 0.3) is 5.91 Å². The average Bonchev–Trinajstić information content (AvgIpc) is 2.56. The summed E-state index contributed by atoms with van der Waals surface area (Å²) in [7, 11) is 1.38. The number of halogens is 1. The van der Waals surface area contributed by atoms with Crippen molar-refractivity contribution in [3.63, 3.8) is 0 Å². The molecular weight excluding hydrogens is 358 g/mol. The fourth-order valence-electron chi connectivity index (χ4n) is 2.39. The number of methoxy groups -OCH3 is 1. The summed E-state index contributed by atoms with van der Waals surface area (Å²) in [5, 5.41) is 0. The predicted octanol–water partition coefficient (Wildman–Crippen LogP) is 4.28. The Labute approximate surface area is 147 Å². The zero-order chi connectivity index (χ0) is 17.2. The summed E-state index contributed by atoms with van der Waals surface area (Å²) in [4.78, 5) is 26.2. The Morgan fingerprint density at radius 2 is 1.83 bits per heavy atom. The summed E-state index contributed by atoms with van der Waals surface area (Å²) >= 11 is 3.37. The van der Waals surface area contributed by atoms with Crippen molar-refractivity contribution in [2.24, 2.45) is 5.92 Å². The molecule has 0 aliphatic heterocycles. The van der Waals surface area contributed by atoms with Crippen molar-refractivity contribution in [3.05, 3.63) is 34.3 Å². The number of carbonyl (C=O) groups excluding carboxylic acids is 2. The highest BCUT2D eigenvalue weighted by Gasteiger charge is 2.22. The number of esters is 1. The second kappa shape index (κ2) is 10.4. The molecule has 1 atom stereocenters. The molecule has 0 N–H and O–H groups in total. The number of hydrogen-bond donors (Lipinski definition) is 0. The highest BCUT2D eigenvalue weighted by Crippen LogP contribution is 2.15. The first kappa shape index (κ1) is 19.7. The lowest BCUT2D eigenvalue weighted by molar-refractivity contribution is -0.145. The Bertz CT molecular complexity index is 501. The van der Waals surface area contributed by atoms with Gasteiger partial charge in [-0.05, 0) is 30.7 Å². The van der Waals surface area contributed by atoms with Crippen LogP contribution in [0.4, 0.5) is 0 Å². The molecule has 4 nitrogen and oxygen atoms in total. The molecular formula is C18H26BrNO3. The van der Waals surface area contributed by atoms with E-state index in [1.165, 1.54) is 7.11 Å². The van der Waals surface area contributed by atoms with Gasteiger partial charge in [0.1, 0.15) is 0 Å². The summed E-state index contributed by atoms with van der Waals surface area (Å²) in [6.07, 6.45) is 4.35. The van der Waals surface area contributed by atoms with Gasteiger partial charge in [-0.1, -0.05) is 49.0 Å².